The van der Waals surface area contributed by atoms with Gasteiger partial charge < -0.3 is 107 Å². The van der Waals surface area contributed by atoms with Crippen molar-refractivity contribution in [3.8, 4) is 0 Å². The fourth-order valence-electron chi connectivity index (χ4n) is 0. The molecule has 172 valence electrons. The van der Waals surface area contributed by atoms with Crippen LogP contribution < -0.4 is 0 Å². The van der Waals surface area contributed by atoms with E-state index in [0.29, 0.717) is 0 Å². The summed E-state index contributed by atoms with van der Waals surface area (Å²) in [6.45, 7) is 0. The van der Waals surface area contributed by atoms with E-state index in [2.05, 4.69) is 0 Å². The molecule has 0 radical (unpaired) electrons. The average molecular weight is 674 g/mol. The van der Waals surface area contributed by atoms with Crippen molar-refractivity contribution in [2.45, 2.75) is 0 Å². The molecule has 0 N–H and O–H groups in total. The van der Waals surface area contributed by atoms with E-state index in [-0.39, 0.29) is 55.1 Å². The first-order valence-corrected chi connectivity index (χ1v) is 3.83. The summed E-state index contributed by atoms with van der Waals surface area (Å²) in [6.07, 6.45) is 0. The Kier molecular flexibility index (Phi) is 93.5. The van der Waals surface area contributed by atoms with Crippen molar-refractivity contribution in [3.63, 3.8) is 0 Å². The van der Waals surface area contributed by atoms with Crippen LogP contribution in [0, 0.1) is 143 Å². The molecule has 0 aliphatic heterocycles. The average Bonchev–Trinajstić information content (AvgIpc) is 2.20. The van der Waals surface area contributed by atoms with E-state index in [1.54, 1.807) is 0 Å². The first-order chi connectivity index (χ1) is 12.1. The Morgan fingerprint density at radius 3 is 0.267 bits per heavy atom. The second kappa shape index (κ2) is 49.9. The first kappa shape index (κ1) is 56.2. The number of hydrogen-bond donors (Lipinski definition) is 0. The topological polar surface area (TPSA) is 463 Å². The molecule has 0 atom stereocenters. The van der Waals surface area contributed by atoms with Crippen LogP contribution in [0.2, 0.25) is 0 Å². The van der Waals surface area contributed by atoms with Crippen LogP contribution in [-0.4, -0.2) is 35.6 Å². The van der Waals surface area contributed by atoms with Gasteiger partial charge in [-0.1, -0.05) is 0 Å². The molecule has 0 unspecified atom stereocenters. The molecule has 0 aliphatic rings. The minimum Gasteiger partial charge on any atom is -0.356 e. The molecule has 0 rings (SSSR count). The van der Waals surface area contributed by atoms with E-state index in [4.69, 9.17) is 107 Å². The summed E-state index contributed by atoms with van der Waals surface area (Å²) in [7, 11) is 0. The summed E-state index contributed by atoms with van der Waals surface area (Å²) in [5.74, 6) is 0. The summed E-state index contributed by atoms with van der Waals surface area (Å²) < 4.78 is 0. The van der Waals surface area contributed by atoms with Crippen LogP contribution in [0.15, 0.2) is 0 Å². The third-order valence-electron chi connectivity index (χ3n) is 0. The summed E-state index contributed by atoms with van der Waals surface area (Å²) in [6, 6.07) is 0. The van der Waals surface area contributed by atoms with Crippen LogP contribution in [0.4, 0.5) is 0 Å². The summed E-state index contributed by atoms with van der Waals surface area (Å²) in [5.41, 5.74) is 0. The molecule has 30 heteroatoms. The van der Waals surface area contributed by atoms with Crippen molar-refractivity contribution in [1.82, 2.24) is 0 Å². The zero-order valence-corrected chi connectivity index (χ0v) is 18.0. The van der Waals surface area contributed by atoms with Crippen molar-refractivity contribution in [1.29, 1.82) is 0 Å². The zero-order chi connectivity index (χ0) is 25.0. The van der Waals surface area contributed by atoms with E-state index in [1.165, 1.54) is 0 Å². The molecule has 0 aromatic carbocycles. The summed E-state index contributed by atoms with van der Waals surface area (Å²) in [4.78, 5) is 57.8. The van der Waals surface area contributed by atoms with Gasteiger partial charge in [-0.3, -0.25) is 0 Å². The Bertz CT molecular complexity index is 314. The van der Waals surface area contributed by atoms with Gasteiger partial charge in [-0.25, -0.2) is 0 Å². The molecule has 0 aliphatic carbocycles. The smallest absolute Gasteiger partial charge is 0.356 e. The standard InChI is InChI=1S/La.7NO3.Ru/c;7*2-1(3)4;/q+3;7*-1;+4. The number of rotatable bonds is 0. The van der Waals surface area contributed by atoms with Gasteiger partial charge in [0.1, 0.15) is 0 Å². The van der Waals surface area contributed by atoms with Crippen LogP contribution in [-0.2, 0) is 19.5 Å². The van der Waals surface area contributed by atoms with Crippen molar-refractivity contribution < 1.29 is 90.7 Å². The molecule has 0 heterocycles. The second-order valence-corrected chi connectivity index (χ2v) is 1.57. The molecule has 30 heavy (non-hydrogen) atoms. The van der Waals surface area contributed by atoms with Gasteiger partial charge in [0.15, 0.2) is 0 Å². The van der Waals surface area contributed by atoms with Crippen LogP contribution >= 0.6 is 0 Å². The van der Waals surface area contributed by atoms with E-state index >= 15 is 0 Å². The molecule has 0 saturated carbocycles. The molecule has 0 aromatic rings. The maximum atomic E-state index is 8.25. The third kappa shape index (κ3) is 913. The summed E-state index contributed by atoms with van der Waals surface area (Å²) >= 11 is 0. The molecule has 0 fully saturated rings. The SMILES string of the molecule is O=[N+]([O-])[O-].O=[N+]([O-])[O-].O=[N+]([O-])[O-].O=[N+]([O-])[O-].O=[N+]([O-])[O-].O=[N+]([O-])[O-].O=[N+]([O-])[O-].[La+3].[Ru+4]. The van der Waals surface area contributed by atoms with Crippen molar-refractivity contribution >= 4 is 0 Å². The van der Waals surface area contributed by atoms with E-state index in [0.717, 1.165) is 0 Å². The predicted molar refractivity (Wildman–Crippen MR) is 72.5 cm³/mol. The van der Waals surface area contributed by atoms with Crippen LogP contribution in [0.1, 0.15) is 0 Å². The van der Waals surface area contributed by atoms with Gasteiger partial charge in [0, 0.05) is 0 Å². The molecular formula is LaN7O21Ru. The molecule has 28 nitrogen and oxygen atoms in total. The van der Waals surface area contributed by atoms with Crippen LogP contribution in [0.3, 0.4) is 0 Å². The van der Waals surface area contributed by atoms with Crippen LogP contribution in [0.25, 0.3) is 0 Å². The molecule has 0 spiro atoms. The van der Waals surface area contributed by atoms with Crippen molar-refractivity contribution in [2.75, 3.05) is 0 Å². The van der Waals surface area contributed by atoms with Crippen LogP contribution in [0.5, 0.6) is 0 Å². The monoisotopic (exact) mass is 675 g/mol. The molecule has 0 aromatic heterocycles. The Labute approximate surface area is 197 Å². The maximum absolute atomic E-state index is 8.25. The third-order valence-corrected chi connectivity index (χ3v) is 0. The summed E-state index contributed by atoms with van der Waals surface area (Å²) in [5, 5.41) is 103. The zero-order valence-electron chi connectivity index (χ0n) is 12.6. The Hall–Kier alpha value is -3.78. The van der Waals surface area contributed by atoms with Crippen molar-refractivity contribution in [3.05, 3.63) is 107 Å². The minimum atomic E-state index is -1.75. The number of nitrogens with zero attached hydrogens (tertiary/aromatic N) is 7. The van der Waals surface area contributed by atoms with E-state index < -0.39 is 35.6 Å². The van der Waals surface area contributed by atoms with Gasteiger partial charge >= 0.3 is 55.1 Å². The molecule has 0 amide bonds. The molecule has 0 bridgehead atoms. The maximum Gasteiger partial charge on any atom is 4.00 e. The normalized spacial score (nSPS) is 5.60. The van der Waals surface area contributed by atoms with Gasteiger partial charge in [0.05, 0.1) is 35.6 Å². The quantitative estimate of drug-likeness (QED) is 0.157. The molecular weight excluding hydrogens is 674 g/mol. The van der Waals surface area contributed by atoms with Gasteiger partial charge in [0.2, 0.25) is 0 Å². The number of hydrogen-bond acceptors (Lipinski definition) is 21. The largest absolute Gasteiger partial charge is 4.00 e. The predicted octanol–water partition coefficient (Wildman–Crippen LogP) is -1.68. The van der Waals surface area contributed by atoms with Crippen molar-refractivity contribution in [2.24, 2.45) is 0 Å². The van der Waals surface area contributed by atoms with Gasteiger partial charge in [-0.2, -0.15) is 0 Å². The first-order valence-electron chi connectivity index (χ1n) is 3.83. The van der Waals surface area contributed by atoms with Gasteiger partial charge in [0.25, 0.3) is 0 Å². The second-order valence-electron chi connectivity index (χ2n) is 1.57. The Balaban J connectivity index is -0.0000000242. The van der Waals surface area contributed by atoms with E-state index in [9.17, 15) is 0 Å². The van der Waals surface area contributed by atoms with Gasteiger partial charge in [-0.15, -0.1) is 0 Å². The van der Waals surface area contributed by atoms with Gasteiger partial charge in [-0.05, 0) is 0 Å². The van der Waals surface area contributed by atoms with E-state index in [1.807, 2.05) is 0 Å². The Morgan fingerprint density at radius 2 is 0.267 bits per heavy atom. The Morgan fingerprint density at radius 1 is 0.267 bits per heavy atom. The minimum absolute atomic E-state index is 0. The molecule has 0 saturated heterocycles. The fraction of sp³-hybridized carbons (Fsp3) is 0. The fourth-order valence-corrected chi connectivity index (χ4v) is 0.